The van der Waals surface area contributed by atoms with E-state index in [1.165, 1.54) is 61.2 Å². The monoisotopic (exact) mass is 520 g/mol. The Labute approximate surface area is 240 Å². The lowest BCUT2D eigenvalue weighted by Gasteiger charge is -2.38. The molecule has 0 fully saturated rings. The summed E-state index contributed by atoms with van der Waals surface area (Å²) in [6.45, 7) is 16.3. The third-order valence-corrected chi connectivity index (χ3v) is 8.70. The van der Waals surface area contributed by atoms with Crippen molar-refractivity contribution in [2.45, 2.75) is 64.7 Å². The van der Waals surface area contributed by atoms with Crippen molar-refractivity contribution in [3.63, 3.8) is 0 Å². The van der Waals surface area contributed by atoms with Gasteiger partial charge in [-0.2, -0.15) is 0 Å². The van der Waals surface area contributed by atoms with Crippen LogP contribution in [-0.4, -0.2) is 0 Å². The summed E-state index contributed by atoms with van der Waals surface area (Å²) in [6, 6.07) is 43.4. The molecule has 0 nitrogen and oxygen atoms in total. The van der Waals surface area contributed by atoms with Crippen molar-refractivity contribution >= 4 is 0 Å². The van der Waals surface area contributed by atoms with Gasteiger partial charge >= 0.3 is 0 Å². The van der Waals surface area contributed by atoms with Crippen LogP contribution >= 0.6 is 0 Å². The van der Waals surface area contributed by atoms with Crippen molar-refractivity contribution in [2.75, 3.05) is 0 Å². The fraction of sp³-hybridized carbons (Fsp3) is 0.250. The summed E-state index contributed by atoms with van der Waals surface area (Å²) in [5, 5.41) is 0. The molecule has 0 aromatic heterocycles. The van der Waals surface area contributed by atoms with Crippen LogP contribution in [0.25, 0.3) is 22.3 Å². The van der Waals surface area contributed by atoms with Gasteiger partial charge in [-0.15, -0.1) is 0 Å². The van der Waals surface area contributed by atoms with Crippen LogP contribution in [-0.2, 0) is 16.2 Å². The van der Waals surface area contributed by atoms with Crippen LogP contribution < -0.4 is 0 Å². The smallest absolute Gasteiger partial charge is 0.0622 e. The molecule has 5 aromatic carbocycles. The molecule has 0 amide bonds. The summed E-state index contributed by atoms with van der Waals surface area (Å²) in [6.07, 6.45) is 0. The third kappa shape index (κ3) is 4.05. The number of benzene rings is 5. The van der Waals surface area contributed by atoms with E-state index >= 15 is 0 Å². The van der Waals surface area contributed by atoms with Crippen molar-refractivity contribution in [3.05, 3.63) is 154 Å². The summed E-state index contributed by atoms with van der Waals surface area (Å²) in [7, 11) is 0. The molecule has 0 saturated heterocycles. The topological polar surface area (TPSA) is 0 Å². The molecule has 0 heterocycles. The van der Waals surface area contributed by atoms with E-state index in [1.54, 1.807) is 0 Å². The Morgan fingerprint density at radius 2 is 1.10 bits per heavy atom. The van der Waals surface area contributed by atoms with Crippen molar-refractivity contribution in [3.8, 4) is 22.3 Å². The second-order valence-corrected chi connectivity index (χ2v) is 13.5. The van der Waals surface area contributed by atoms with Gasteiger partial charge in [0.1, 0.15) is 0 Å². The van der Waals surface area contributed by atoms with Crippen molar-refractivity contribution in [1.29, 1.82) is 0 Å². The van der Waals surface area contributed by atoms with Gasteiger partial charge < -0.3 is 0 Å². The molecule has 0 aliphatic heterocycles. The zero-order valence-corrected chi connectivity index (χ0v) is 25.0. The van der Waals surface area contributed by atoms with Crippen LogP contribution in [0.15, 0.2) is 115 Å². The fourth-order valence-electron chi connectivity index (χ4n) is 6.67. The zero-order valence-electron chi connectivity index (χ0n) is 25.0. The lowest BCUT2D eigenvalue weighted by molar-refractivity contribution is 0.557. The molecule has 200 valence electrons. The second kappa shape index (κ2) is 9.34. The Kier molecular flexibility index (Phi) is 6.15. The molecule has 1 aliphatic rings. The maximum absolute atomic E-state index is 2.51. The number of aryl methyl sites for hydroxylation is 1. The number of hydrogen-bond acceptors (Lipinski definition) is 0. The lowest BCUT2D eigenvalue weighted by Crippen LogP contribution is -2.32. The first-order chi connectivity index (χ1) is 19.0. The molecular weight excluding hydrogens is 480 g/mol. The highest BCUT2D eigenvalue weighted by Crippen LogP contribution is 2.61. The standard InChI is InChI=1S/C40H40/c1-27-21-23-28(24-22-27)32-19-14-20-34-36(32)33-25-31(38(2,3)4)26-35(39(5,6)7)37(33)40(34,29-15-10-8-11-16-29)30-17-12-9-13-18-30/h8-26H,1-7H3. The van der Waals surface area contributed by atoms with Crippen LogP contribution in [0.1, 0.15) is 80.5 Å². The molecule has 40 heavy (non-hydrogen) atoms. The summed E-state index contributed by atoms with van der Waals surface area (Å²) in [5.41, 5.74) is 14.4. The number of hydrogen-bond donors (Lipinski definition) is 0. The molecule has 0 spiro atoms. The first-order valence-corrected chi connectivity index (χ1v) is 14.5. The largest absolute Gasteiger partial charge is 0.0716 e. The first-order valence-electron chi connectivity index (χ1n) is 14.5. The van der Waals surface area contributed by atoms with E-state index in [2.05, 4.69) is 164 Å². The van der Waals surface area contributed by atoms with Crippen molar-refractivity contribution in [1.82, 2.24) is 0 Å². The number of fused-ring (bicyclic) bond motifs is 3. The Bertz CT molecular complexity index is 1630. The predicted octanol–water partition coefficient (Wildman–Crippen LogP) is 10.6. The SMILES string of the molecule is Cc1ccc(-c2cccc3c2-c2cc(C(C)(C)C)cc(C(C)(C)C)c2C3(c2ccccc2)c2ccccc2)cc1. The molecule has 6 rings (SSSR count). The molecule has 0 N–H and O–H groups in total. The minimum Gasteiger partial charge on any atom is -0.0622 e. The molecule has 0 saturated carbocycles. The van der Waals surface area contributed by atoms with E-state index in [4.69, 9.17) is 0 Å². The van der Waals surface area contributed by atoms with E-state index < -0.39 is 5.41 Å². The third-order valence-electron chi connectivity index (χ3n) is 8.70. The maximum atomic E-state index is 2.51. The minimum absolute atomic E-state index is 0.0265. The molecule has 0 radical (unpaired) electrons. The highest BCUT2D eigenvalue weighted by molar-refractivity contribution is 5.96. The first kappa shape index (κ1) is 26.3. The highest BCUT2D eigenvalue weighted by Gasteiger charge is 2.49. The molecular formula is C40H40. The van der Waals surface area contributed by atoms with Crippen molar-refractivity contribution < 1.29 is 0 Å². The van der Waals surface area contributed by atoms with Crippen LogP contribution in [0.4, 0.5) is 0 Å². The molecule has 5 aromatic rings. The van der Waals surface area contributed by atoms with E-state index in [0.717, 1.165) is 0 Å². The zero-order chi connectivity index (χ0) is 28.3. The second-order valence-electron chi connectivity index (χ2n) is 13.5. The van der Waals surface area contributed by atoms with Gasteiger partial charge in [-0.05, 0) is 73.4 Å². The number of rotatable bonds is 3. The van der Waals surface area contributed by atoms with Gasteiger partial charge in [-0.3, -0.25) is 0 Å². The van der Waals surface area contributed by atoms with E-state index in [-0.39, 0.29) is 10.8 Å². The summed E-state index contributed by atoms with van der Waals surface area (Å²) in [4.78, 5) is 0. The Balaban J connectivity index is 1.87. The lowest BCUT2D eigenvalue weighted by atomic mass is 9.63. The Hall–Kier alpha value is -3.90. The van der Waals surface area contributed by atoms with Crippen LogP contribution in [0.5, 0.6) is 0 Å². The highest BCUT2D eigenvalue weighted by atomic mass is 14.5. The molecule has 0 atom stereocenters. The average Bonchev–Trinajstić information content (AvgIpc) is 3.24. The Morgan fingerprint density at radius 1 is 0.525 bits per heavy atom. The van der Waals surface area contributed by atoms with Gasteiger partial charge in [0.05, 0.1) is 5.41 Å². The average molecular weight is 521 g/mol. The summed E-state index contributed by atoms with van der Waals surface area (Å²) < 4.78 is 0. The predicted molar refractivity (Wildman–Crippen MR) is 171 cm³/mol. The fourth-order valence-corrected chi connectivity index (χ4v) is 6.67. The van der Waals surface area contributed by atoms with Crippen LogP contribution in [0, 0.1) is 6.92 Å². The Morgan fingerprint density at radius 3 is 1.62 bits per heavy atom. The van der Waals surface area contributed by atoms with E-state index in [9.17, 15) is 0 Å². The van der Waals surface area contributed by atoms with Crippen LogP contribution in [0.2, 0.25) is 0 Å². The normalized spacial score (nSPS) is 14.1. The van der Waals surface area contributed by atoms with Gasteiger partial charge in [0.25, 0.3) is 0 Å². The molecule has 0 unspecified atom stereocenters. The maximum Gasteiger partial charge on any atom is 0.0716 e. The van der Waals surface area contributed by atoms with Crippen molar-refractivity contribution in [2.24, 2.45) is 0 Å². The summed E-state index contributed by atoms with van der Waals surface area (Å²) in [5.74, 6) is 0. The minimum atomic E-state index is -0.424. The summed E-state index contributed by atoms with van der Waals surface area (Å²) >= 11 is 0. The van der Waals surface area contributed by atoms with Gasteiger partial charge in [-0.1, -0.05) is 162 Å². The van der Waals surface area contributed by atoms with Crippen LogP contribution in [0.3, 0.4) is 0 Å². The van der Waals surface area contributed by atoms with Gasteiger partial charge in [0.15, 0.2) is 0 Å². The van der Waals surface area contributed by atoms with Gasteiger partial charge in [-0.25, -0.2) is 0 Å². The molecule has 0 heteroatoms. The van der Waals surface area contributed by atoms with Gasteiger partial charge in [0, 0.05) is 0 Å². The van der Waals surface area contributed by atoms with Gasteiger partial charge in [0.2, 0.25) is 0 Å². The van der Waals surface area contributed by atoms with E-state index in [1.807, 2.05) is 0 Å². The molecule has 1 aliphatic carbocycles. The quantitative estimate of drug-likeness (QED) is 0.218. The molecule has 0 bridgehead atoms. The van der Waals surface area contributed by atoms with E-state index in [0.29, 0.717) is 0 Å².